The summed E-state index contributed by atoms with van der Waals surface area (Å²) in [4.78, 5) is 33.6. The number of thioether (sulfide) groups is 1. The summed E-state index contributed by atoms with van der Waals surface area (Å²) in [5.41, 5.74) is 1.54. The summed E-state index contributed by atoms with van der Waals surface area (Å²) in [7, 11) is 0. The Morgan fingerprint density at radius 2 is 2.11 bits per heavy atom. The van der Waals surface area contributed by atoms with Gasteiger partial charge in [-0.1, -0.05) is 17.7 Å². The zero-order valence-electron chi connectivity index (χ0n) is 15.0. The fourth-order valence-corrected chi connectivity index (χ4v) is 5.30. The molecule has 0 aliphatic carbocycles. The summed E-state index contributed by atoms with van der Waals surface area (Å²) in [5.74, 6) is 0.608. The number of amides is 2. The molecule has 2 saturated heterocycles. The van der Waals surface area contributed by atoms with Gasteiger partial charge in [0.2, 0.25) is 5.91 Å². The summed E-state index contributed by atoms with van der Waals surface area (Å²) >= 11 is 7.72. The van der Waals surface area contributed by atoms with E-state index < -0.39 is 6.04 Å². The lowest BCUT2D eigenvalue weighted by atomic mass is 10.1. The molecule has 0 bridgehead atoms. The third kappa shape index (κ3) is 3.44. The number of benzene rings is 1. The normalized spacial score (nSPS) is 24.1. The number of aromatic nitrogens is 1. The predicted molar refractivity (Wildman–Crippen MR) is 108 cm³/mol. The van der Waals surface area contributed by atoms with Gasteiger partial charge in [0.25, 0.3) is 5.91 Å². The summed E-state index contributed by atoms with van der Waals surface area (Å²) in [6.45, 7) is 2.41. The Labute approximate surface area is 167 Å². The molecule has 2 aliphatic heterocycles. The lowest BCUT2D eigenvalue weighted by molar-refractivity contribution is -0.136. The number of halogens is 1. The first-order valence-electron chi connectivity index (χ1n) is 8.91. The number of pyridine rings is 1. The molecule has 4 rings (SSSR count). The molecule has 1 aromatic carbocycles. The van der Waals surface area contributed by atoms with Crippen LogP contribution in [0.25, 0.3) is 0 Å². The molecule has 3 heterocycles. The quantitative estimate of drug-likeness (QED) is 0.783. The molecule has 0 N–H and O–H groups in total. The topological polar surface area (TPSA) is 53.5 Å². The van der Waals surface area contributed by atoms with Crippen LogP contribution in [-0.2, 0) is 16.1 Å². The number of rotatable bonds is 4. The summed E-state index contributed by atoms with van der Waals surface area (Å²) < 4.78 is 0. The van der Waals surface area contributed by atoms with Crippen LogP contribution in [0.1, 0.15) is 25.5 Å². The minimum absolute atomic E-state index is 0.0646. The first-order chi connectivity index (χ1) is 13.0. The minimum Gasteiger partial charge on any atom is -0.315 e. The van der Waals surface area contributed by atoms with Crippen molar-refractivity contribution in [3.63, 3.8) is 0 Å². The van der Waals surface area contributed by atoms with Gasteiger partial charge in [0.05, 0.1) is 17.1 Å². The van der Waals surface area contributed by atoms with Gasteiger partial charge in [0.1, 0.15) is 6.04 Å². The smallest absolute Gasteiger partial charge is 0.251 e. The van der Waals surface area contributed by atoms with Crippen LogP contribution in [0.4, 0.5) is 5.69 Å². The highest BCUT2D eigenvalue weighted by atomic mass is 35.5. The van der Waals surface area contributed by atoms with Crippen LogP contribution in [-0.4, -0.2) is 38.4 Å². The first-order valence-corrected chi connectivity index (χ1v) is 10.3. The van der Waals surface area contributed by atoms with Crippen LogP contribution in [0.2, 0.25) is 5.02 Å². The number of fused-ring (bicyclic) bond motifs is 1. The number of carbonyl (C=O) groups excluding carboxylic acids is 2. The van der Waals surface area contributed by atoms with Gasteiger partial charge in [0.15, 0.2) is 0 Å². The van der Waals surface area contributed by atoms with Crippen molar-refractivity contribution in [3.05, 3.63) is 59.4 Å². The predicted octanol–water partition coefficient (Wildman–Crippen LogP) is 3.72. The molecule has 2 aromatic rings. The highest BCUT2D eigenvalue weighted by Gasteiger charge is 2.53. The zero-order chi connectivity index (χ0) is 19.0. The summed E-state index contributed by atoms with van der Waals surface area (Å²) in [6, 6.07) is 12.4. The van der Waals surface area contributed by atoms with Crippen LogP contribution >= 0.6 is 23.4 Å². The molecule has 2 amide bonds. The maximum absolute atomic E-state index is 13.5. The molecule has 2 aliphatic rings. The maximum Gasteiger partial charge on any atom is 0.251 e. The van der Waals surface area contributed by atoms with Gasteiger partial charge < -0.3 is 9.80 Å². The van der Waals surface area contributed by atoms with Crippen LogP contribution < -0.4 is 4.90 Å². The van der Waals surface area contributed by atoms with Gasteiger partial charge in [-0.15, -0.1) is 11.8 Å². The zero-order valence-corrected chi connectivity index (χ0v) is 16.5. The molecular weight excluding hydrogens is 382 g/mol. The SMILES string of the molecule is C[C@@]12CCC(=O)N1[C@@H](C(=O)N(Cc1ccccn1)c1ccc(Cl)cc1)CS2. The van der Waals surface area contributed by atoms with Gasteiger partial charge in [-0.05, 0) is 49.7 Å². The average molecular weight is 402 g/mol. The molecule has 7 heteroatoms. The average Bonchev–Trinajstić information content (AvgIpc) is 3.17. The Morgan fingerprint density at radius 3 is 2.81 bits per heavy atom. The number of anilines is 1. The van der Waals surface area contributed by atoms with E-state index >= 15 is 0 Å². The van der Waals surface area contributed by atoms with Crippen molar-refractivity contribution >= 4 is 40.9 Å². The van der Waals surface area contributed by atoms with E-state index in [1.54, 1.807) is 39.9 Å². The molecule has 140 valence electrons. The monoisotopic (exact) mass is 401 g/mol. The van der Waals surface area contributed by atoms with E-state index in [0.29, 0.717) is 23.7 Å². The van der Waals surface area contributed by atoms with Gasteiger partial charge in [-0.25, -0.2) is 0 Å². The Bertz CT molecular complexity index is 861. The molecule has 5 nitrogen and oxygen atoms in total. The van der Waals surface area contributed by atoms with E-state index in [2.05, 4.69) is 11.9 Å². The highest BCUT2D eigenvalue weighted by Crippen LogP contribution is 2.47. The summed E-state index contributed by atoms with van der Waals surface area (Å²) in [5, 5.41) is 0.614. The molecule has 0 radical (unpaired) electrons. The molecule has 0 saturated carbocycles. The van der Waals surface area contributed by atoms with E-state index in [-0.39, 0.29) is 16.7 Å². The van der Waals surface area contributed by atoms with E-state index in [9.17, 15) is 9.59 Å². The highest BCUT2D eigenvalue weighted by molar-refractivity contribution is 8.01. The molecule has 1 aromatic heterocycles. The fraction of sp³-hybridized carbons (Fsp3) is 0.350. The third-order valence-corrected chi connectivity index (χ3v) is 6.94. The molecule has 27 heavy (non-hydrogen) atoms. The second kappa shape index (κ2) is 7.17. The lowest BCUT2D eigenvalue weighted by Gasteiger charge is -2.33. The Kier molecular flexibility index (Phi) is 4.86. The molecule has 2 atom stereocenters. The minimum atomic E-state index is -0.450. The number of nitrogens with zero attached hydrogens (tertiary/aromatic N) is 3. The van der Waals surface area contributed by atoms with Gasteiger partial charge in [-0.3, -0.25) is 14.6 Å². The van der Waals surface area contributed by atoms with Crippen molar-refractivity contribution in [2.24, 2.45) is 0 Å². The number of hydrogen-bond donors (Lipinski definition) is 0. The molecular formula is C20H20ClN3O2S. The van der Waals surface area contributed by atoms with Crippen LogP contribution in [0.15, 0.2) is 48.7 Å². The van der Waals surface area contributed by atoms with Gasteiger partial charge in [-0.2, -0.15) is 0 Å². The molecule has 0 spiro atoms. The van der Waals surface area contributed by atoms with Crippen molar-refractivity contribution in [3.8, 4) is 0 Å². The van der Waals surface area contributed by atoms with E-state index in [0.717, 1.165) is 17.8 Å². The standard InChI is InChI=1S/C20H20ClN3O2S/c1-20-10-9-18(25)24(20)17(13-27-20)19(26)23(12-15-4-2-3-11-22-15)16-7-5-14(21)6-8-16/h2-8,11,17H,9-10,12-13H2,1H3/t17-,20-/m1/s1. The second-order valence-corrected chi connectivity index (χ2v) is 8.93. The summed E-state index contributed by atoms with van der Waals surface area (Å²) in [6.07, 6.45) is 3.02. The first kappa shape index (κ1) is 18.3. The van der Waals surface area contributed by atoms with Gasteiger partial charge in [0, 0.05) is 29.1 Å². The van der Waals surface area contributed by atoms with E-state index in [4.69, 9.17) is 11.6 Å². The Hall–Kier alpha value is -2.05. The van der Waals surface area contributed by atoms with Crippen LogP contribution in [0.5, 0.6) is 0 Å². The number of carbonyl (C=O) groups is 2. The van der Waals surface area contributed by atoms with Gasteiger partial charge >= 0.3 is 0 Å². The van der Waals surface area contributed by atoms with E-state index in [1.165, 1.54) is 0 Å². The molecule has 0 unspecified atom stereocenters. The van der Waals surface area contributed by atoms with E-state index in [1.807, 2.05) is 30.3 Å². The van der Waals surface area contributed by atoms with Crippen LogP contribution in [0.3, 0.4) is 0 Å². The van der Waals surface area contributed by atoms with Crippen molar-refractivity contribution in [2.45, 2.75) is 37.2 Å². The second-order valence-electron chi connectivity index (χ2n) is 6.99. The Balaban J connectivity index is 1.66. The van der Waals surface area contributed by atoms with Crippen molar-refractivity contribution in [1.82, 2.24) is 9.88 Å². The fourth-order valence-electron chi connectivity index (χ4n) is 3.75. The van der Waals surface area contributed by atoms with Crippen molar-refractivity contribution in [2.75, 3.05) is 10.7 Å². The lowest BCUT2D eigenvalue weighted by Crippen LogP contribution is -2.51. The Morgan fingerprint density at radius 1 is 1.33 bits per heavy atom. The number of hydrogen-bond acceptors (Lipinski definition) is 4. The van der Waals surface area contributed by atoms with Crippen molar-refractivity contribution < 1.29 is 9.59 Å². The third-order valence-electron chi connectivity index (χ3n) is 5.18. The maximum atomic E-state index is 13.5. The molecule has 2 fully saturated rings. The largest absolute Gasteiger partial charge is 0.315 e. The van der Waals surface area contributed by atoms with Crippen molar-refractivity contribution in [1.29, 1.82) is 0 Å². The van der Waals surface area contributed by atoms with Crippen LogP contribution in [0, 0.1) is 0 Å².